The maximum absolute atomic E-state index is 5.54. The molecular formula is C22H42O2. The zero-order chi connectivity index (χ0) is 17.9. The Balaban J connectivity index is 3.94. The van der Waals surface area contributed by atoms with Crippen molar-refractivity contribution < 1.29 is 9.47 Å². The van der Waals surface area contributed by atoms with Gasteiger partial charge in [0.1, 0.15) is 0 Å². The second-order valence-corrected chi connectivity index (χ2v) is 7.14. The second-order valence-electron chi connectivity index (χ2n) is 7.14. The van der Waals surface area contributed by atoms with Crippen LogP contribution in [0.2, 0.25) is 0 Å². The van der Waals surface area contributed by atoms with Crippen molar-refractivity contribution in [3.8, 4) is 0 Å². The molecule has 0 aromatic carbocycles. The van der Waals surface area contributed by atoms with Crippen molar-refractivity contribution in [3.63, 3.8) is 0 Å². The molecule has 0 aromatic heterocycles. The molecule has 142 valence electrons. The maximum atomic E-state index is 5.54. The Morgan fingerprint density at radius 1 is 0.625 bits per heavy atom. The van der Waals surface area contributed by atoms with Crippen molar-refractivity contribution in [3.05, 3.63) is 25.7 Å². The van der Waals surface area contributed by atoms with Gasteiger partial charge in [-0.15, -0.1) is 0 Å². The van der Waals surface area contributed by atoms with E-state index < -0.39 is 0 Å². The fourth-order valence-electron chi connectivity index (χ4n) is 3.44. The van der Waals surface area contributed by atoms with Gasteiger partial charge in [-0.25, -0.2) is 0 Å². The van der Waals surface area contributed by atoms with Gasteiger partial charge in [0.05, 0.1) is 25.7 Å². The zero-order valence-corrected chi connectivity index (χ0v) is 16.5. The van der Waals surface area contributed by atoms with Crippen molar-refractivity contribution in [1.82, 2.24) is 0 Å². The lowest BCUT2D eigenvalue weighted by Crippen LogP contribution is -2.31. The maximum Gasteiger partial charge on any atom is 0.0961 e. The Kier molecular flexibility index (Phi) is 16.3. The van der Waals surface area contributed by atoms with Crippen molar-refractivity contribution in [2.75, 3.05) is 13.2 Å². The van der Waals surface area contributed by atoms with Gasteiger partial charge in [-0.05, 0) is 12.8 Å². The minimum absolute atomic E-state index is 0.108. The van der Waals surface area contributed by atoms with Crippen molar-refractivity contribution in [2.24, 2.45) is 5.41 Å². The van der Waals surface area contributed by atoms with E-state index in [1.165, 1.54) is 70.6 Å². The molecule has 2 nitrogen and oxygen atoms in total. The quantitative estimate of drug-likeness (QED) is 0.180. The summed E-state index contributed by atoms with van der Waals surface area (Å²) in [4.78, 5) is 0. The number of hydrogen-bond donors (Lipinski definition) is 0. The molecular weight excluding hydrogens is 296 g/mol. The highest BCUT2D eigenvalue weighted by atomic mass is 16.5. The summed E-state index contributed by atoms with van der Waals surface area (Å²) in [6.07, 6.45) is 20.3. The van der Waals surface area contributed by atoms with Crippen molar-refractivity contribution in [1.29, 1.82) is 0 Å². The zero-order valence-electron chi connectivity index (χ0n) is 16.5. The minimum Gasteiger partial charge on any atom is -0.501 e. The van der Waals surface area contributed by atoms with E-state index in [-0.39, 0.29) is 5.41 Å². The number of rotatable bonds is 19. The Morgan fingerprint density at radius 3 is 1.50 bits per heavy atom. The molecule has 0 aliphatic carbocycles. The summed E-state index contributed by atoms with van der Waals surface area (Å²) in [5.41, 5.74) is 0.108. The highest BCUT2D eigenvalue weighted by molar-refractivity contribution is 4.80. The van der Waals surface area contributed by atoms with Crippen LogP contribution in [0.4, 0.5) is 0 Å². The highest BCUT2D eigenvalue weighted by Crippen LogP contribution is 2.32. The summed E-state index contributed by atoms with van der Waals surface area (Å²) >= 11 is 0. The Labute approximate surface area is 151 Å². The van der Waals surface area contributed by atoms with Gasteiger partial charge in [0.2, 0.25) is 0 Å². The van der Waals surface area contributed by atoms with E-state index in [0.717, 1.165) is 12.8 Å². The highest BCUT2D eigenvalue weighted by Gasteiger charge is 2.30. The molecule has 0 aliphatic heterocycles. The minimum atomic E-state index is 0.108. The predicted octanol–water partition coefficient (Wildman–Crippen LogP) is 7.40. The third-order valence-corrected chi connectivity index (χ3v) is 4.86. The van der Waals surface area contributed by atoms with Crippen molar-refractivity contribution >= 4 is 0 Å². The molecule has 2 heteroatoms. The van der Waals surface area contributed by atoms with Crippen LogP contribution in [-0.4, -0.2) is 13.2 Å². The molecule has 0 radical (unpaired) electrons. The molecule has 0 bridgehead atoms. The summed E-state index contributed by atoms with van der Waals surface area (Å²) < 4.78 is 11.1. The molecule has 0 heterocycles. The molecule has 0 aliphatic rings. The van der Waals surface area contributed by atoms with E-state index in [4.69, 9.17) is 9.47 Å². The summed E-state index contributed by atoms with van der Waals surface area (Å²) in [5, 5.41) is 0. The lowest BCUT2D eigenvalue weighted by molar-refractivity contribution is 0.0227. The summed E-state index contributed by atoms with van der Waals surface area (Å²) in [5.74, 6) is 0. The molecule has 24 heavy (non-hydrogen) atoms. The van der Waals surface area contributed by atoms with Gasteiger partial charge in [-0.1, -0.05) is 97.6 Å². The summed E-state index contributed by atoms with van der Waals surface area (Å²) in [7, 11) is 0. The van der Waals surface area contributed by atoms with E-state index in [1.807, 2.05) is 0 Å². The third-order valence-electron chi connectivity index (χ3n) is 4.86. The number of unbranched alkanes of at least 4 members (excludes halogenated alkanes) is 9. The van der Waals surface area contributed by atoms with Crippen LogP contribution >= 0.6 is 0 Å². The molecule has 0 N–H and O–H groups in total. The first kappa shape index (κ1) is 23.1. The van der Waals surface area contributed by atoms with Crippen LogP contribution in [0.15, 0.2) is 25.7 Å². The average molecular weight is 339 g/mol. The number of ether oxygens (including phenoxy) is 2. The average Bonchev–Trinajstić information content (AvgIpc) is 2.60. The lowest BCUT2D eigenvalue weighted by Gasteiger charge is -2.32. The van der Waals surface area contributed by atoms with Gasteiger partial charge in [0, 0.05) is 5.41 Å². The van der Waals surface area contributed by atoms with Gasteiger partial charge in [-0.2, -0.15) is 0 Å². The van der Waals surface area contributed by atoms with Crippen molar-refractivity contribution in [2.45, 2.75) is 97.3 Å². The van der Waals surface area contributed by atoms with Crippen LogP contribution in [0.5, 0.6) is 0 Å². The van der Waals surface area contributed by atoms with E-state index in [0.29, 0.717) is 13.2 Å². The molecule has 0 fully saturated rings. The molecule has 0 aromatic rings. The van der Waals surface area contributed by atoms with Crippen LogP contribution in [0.25, 0.3) is 0 Å². The Morgan fingerprint density at radius 2 is 1.08 bits per heavy atom. The van der Waals surface area contributed by atoms with Gasteiger partial charge in [0.15, 0.2) is 0 Å². The molecule has 0 atom stereocenters. The van der Waals surface area contributed by atoms with Gasteiger partial charge in [0.25, 0.3) is 0 Å². The largest absolute Gasteiger partial charge is 0.501 e. The molecule has 0 rings (SSSR count). The van der Waals surface area contributed by atoms with Gasteiger partial charge >= 0.3 is 0 Å². The Bertz CT molecular complexity index is 274. The SMILES string of the molecule is C=COCC(CCC)(CCCCCCCCCCCC)COC=C. The predicted molar refractivity (Wildman–Crippen MR) is 106 cm³/mol. The molecule has 0 saturated heterocycles. The van der Waals surface area contributed by atoms with Crippen LogP contribution in [0.3, 0.4) is 0 Å². The number of hydrogen-bond acceptors (Lipinski definition) is 2. The normalized spacial score (nSPS) is 11.2. The van der Waals surface area contributed by atoms with Gasteiger partial charge in [-0.3, -0.25) is 0 Å². The van der Waals surface area contributed by atoms with Crippen LogP contribution in [0, 0.1) is 5.41 Å². The molecule has 0 spiro atoms. The first-order chi connectivity index (χ1) is 11.7. The van der Waals surface area contributed by atoms with Crippen LogP contribution in [0.1, 0.15) is 97.3 Å². The van der Waals surface area contributed by atoms with Gasteiger partial charge < -0.3 is 9.47 Å². The van der Waals surface area contributed by atoms with Crippen LogP contribution in [-0.2, 0) is 9.47 Å². The van der Waals surface area contributed by atoms with E-state index in [1.54, 1.807) is 12.5 Å². The molecule has 0 amide bonds. The topological polar surface area (TPSA) is 18.5 Å². The van der Waals surface area contributed by atoms with E-state index >= 15 is 0 Å². The van der Waals surface area contributed by atoms with E-state index in [2.05, 4.69) is 27.0 Å². The second kappa shape index (κ2) is 16.9. The first-order valence-electron chi connectivity index (χ1n) is 10.2. The summed E-state index contributed by atoms with van der Waals surface area (Å²) in [6, 6.07) is 0. The fourth-order valence-corrected chi connectivity index (χ4v) is 3.44. The summed E-state index contributed by atoms with van der Waals surface area (Å²) in [6.45, 7) is 13.3. The fraction of sp³-hybridized carbons (Fsp3) is 0.818. The Hall–Kier alpha value is -0.920. The molecule has 0 unspecified atom stereocenters. The lowest BCUT2D eigenvalue weighted by atomic mass is 9.80. The monoisotopic (exact) mass is 338 g/mol. The third kappa shape index (κ3) is 12.5. The first-order valence-corrected chi connectivity index (χ1v) is 10.2. The molecule has 0 saturated carbocycles. The van der Waals surface area contributed by atoms with E-state index in [9.17, 15) is 0 Å². The standard InChI is InChI=1S/C22H42O2/c1-5-9-10-11-12-13-14-15-16-17-19-22(18-6-2,20-23-7-3)21-24-8-4/h7-8H,3-6,9-21H2,1-2H3. The smallest absolute Gasteiger partial charge is 0.0961 e. The van der Waals surface area contributed by atoms with Crippen LogP contribution < -0.4 is 0 Å².